The van der Waals surface area contributed by atoms with Gasteiger partial charge in [0, 0.05) is 135 Å². The van der Waals surface area contributed by atoms with Gasteiger partial charge in [0.2, 0.25) is 23.5 Å². The average molecular weight is 952 g/mol. The number of halogens is 3. The molecule has 3 amide bonds. The third-order valence-electron chi connectivity index (χ3n) is 14.6. The first-order chi connectivity index (χ1) is 32.7. The number of ketones is 1. The van der Waals surface area contributed by atoms with Gasteiger partial charge in [-0.05, 0) is 80.0 Å². The van der Waals surface area contributed by atoms with Crippen molar-refractivity contribution in [1.82, 2.24) is 39.4 Å². The summed E-state index contributed by atoms with van der Waals surface area (Å²) < 4.78 is 73.1. The lowest BCUT2D eigenvalue weighted by molar-refractivity contribution is -0.136. The number of aromatic nitrogens is 4. The van der Waals surface area contributed by atoms with Crippen LogP contribution < -0.4 is 19.8 Å². The highest BCUT2D eigenvalue weighted by Crippen LogP contribution is 2.42. The molecule has 1 spiro atoms. The number of carbonyl (C=O) groups excluding carboxylic acids is 4. The van der Waals surface area contributed by atoms with Crippen molar-refractivity contribution in [2.75, 3.05) is 73.4 Å². The maximum Gasteiger partial charge on any atom is 0.301 e. The van der Waals surface area contributed by atoms with Gasteiger partial charge in [0.15, 0.2) is 5.82 Å². The van der Waals surface area contributed by atoms with E-state index in [0.717, 1.165) is 92.8 Å². The molecule has 3 aromatic heterocycles. The first-order valence-corrected chi connectivity index (χ1v) is 24.4. The Hall–Kier alpha value is -6.45. The Bertz CT molecular complexity index is 3000. The predicted octanol–water partition coefficient (Wildman–Crippen LogP) is 4.42. The number of hydrogen-bond acceptors (Lipinski definition) is 12. The number of imide groups is 1. The van der Waals surface area contributed by atoms with Gasteiger partial charge in [0.25, 0.3) is 5.91 Å². The molecule has 2 aromatic carbocycles. The quantitative estimate of drug-likeness (QED) is 0.125. The van der Waals surface area contributed by atoms with Gasteiger partial charge in [-0.25, -0.2) is 28.1 Å². The number of alkyl halides is 1. The number of rotatable bonds is 11. The molecule has 11 rings (SSSR count). The number of likely N-dealkylation sites (tertiary alicyclic amines) is 1. The SMILES string of the molecule is O=C1CCC(N2Cc3cc(N4CCC(CN5CC6(CCN(c7ncc(-c8cnc9[nH]cc(C(=O)c%10c(F)ccc(NS(=O)(=O)N%11CC[C@@H](F)C%11)c%10F)c9c8)cn7)C6)C5)CC4)ccc3C2=O)C(=O)N1. The van der Waals surface area contributed by atoms with Crippen molar-refractivity contribution >= 4 is 62.1 Å². The van der Waals surface area contributed by atoms with Crippen LogP contribution in [-0.2, 0) is 26.3 Å². The molecule has 5 fully saturated rings. The van der Waals surface area contributed by atoms with E-state index in [1.165, 1.54) is 6.20 Å². The van der Waals surface area contributed by atoms with Crippen LogP contribution in [0.2, 0.25) is 0 Å². The van der Waals surface area contributed by atoms with Crippen LogP contribution in [0, 0.1) is 23.0 Å². The van der Waals surface area contributed by atoms with E-state index in [0.29, 0.717) is 47.2 Å². The maximum absolute atomic E-state index is 15.8. The third kappa shape index (κ3) is 8.02. The molecule has 0 aliphatic carbocycles. The molecule has 17 nitrogen and oxygen atoms in total. The molecule has 0 saturated carbocycles. The molecule has 6 aliphatic heterocycles. The largest absolute Gasteiger partial charge is 0.372 e. The first kappa shape index (κ1) is 44.1. The lowest BCUT2D eigenvalue weighted by atomic mass is 9.78. The Morgan fingerprint density at radius 3 is 2.41 bits per heavy atom. The number of pyridine rings is 1. The second kappa shape index (κ2) is 17.0. The summed E-state index contributed by atoms with van der Waals surface area (Å²) in [5.41, 5.74) is 2.60. The third-order valence-corrected chi connectivity index (χ3v) is 16.1. The molecule has 21 heteroatoms. The Morgan fingerprint density at radius 2 is 1.66 bits per heavy atom. The van der Waals surface area contributed by atoms with Crippen molar-refractivity contribution in [2.45, 2.75) is 57.3 Å². The summed E-state index contributed by atoms with van der Waals surface area (Å²) in [5, 5.41) is 2.65. The number of piperidine rings is 2. The minimum Gasteiger partial charge on any atom is -0.372 e. The van der Waals surface area contributed by atoms with Crippen LogP contribution in [0.15, 0.2) is 61.2 Å². The molecule has 3 N–H and O–H groups in total. The molecule has 2 atom stereocenters. The highest BCUT2D eigenvalue weighted by Gasteiger charge is 2.48. The van der Waals surface area contributed by atoms with E-state index in [1.807, 2.05) is 16.9 Å². The molecule has 9 heterocycles. The van der Waals surface area contributed by atoms with Crippen LogP contribution >= 0.6 is 0 Å². The molecular formula is C47H48F3N11O6S. The van der Waals surface area contributed by atoms with Crippen molar-refractivity contribution in [3.05, 3.63) is 95.1 Å². The van der Waals surface area contributed by atoms with E-state index in [2.05, 4.69) is 36.1 Å². The molecule has 5 saturated heterocycles. The summed E-state index contributed by atoms with van der Waals surface area (Å²) in [6, 6.07) is 8.66. The Kier molecular flexibility index (Phi) is 11.0. The molecular weight excluding hydrogens is 904 g/mol. The fourth-order valence-corrected chi connectivity index (χ4v) is 12.2. The highest BCUT2D eigenvalue weighted by atomic mass is 32.2. The Labute approximate surface area is 389 Å². The maximum atomic E-state index is 15.8. The van der Waals surface area contributed by atoms with Crippen LogP contribution in [-0.4, -0.2) is 137 Å². The monoisotopic (exact) mass is 951 g/mol. The normalized spacial score (nSPS) is 22.3. The number of H-pyrrole nitrogens is 1. The second-order valence-electron chi connectivity index (χ2n) is 19.1. The summed E-state index contributed by atoms with van der Waals surface area (Å²) in [6.07, 6.45) is 8.62. The highest BCUT2D eigenvalue weighted by molar-refractivity contribution is 7.90. The van der Waals surface area contributed by atoms with Gasteiger partial charge in [-0.2, -0.15) is 12.7 Å². The van der Waals surface area contributed by atoms with E-state index in [1.54, 1.807) is 29.6 Å². The van der Waals surface area contributed by atoms with Crippen LogP contribution in [0.25, 0.3) is 22.2 Å². The molecule has 354 valence electrons. The van der Waals surface area contributed by atoms with Gasteiger partial charge in [0.05, 0.1) is 11.3 Å². The lowest BCUT2D eigenvalue weighted by Crippen LogP contribution is -2.59. The fraction of sp³-hybridized carbons (Fsp3) is 0.426. The number of nitrogens with one attached hydrogen (secondary N) is 3. The van der Waals surface area contributed by atoms with Gasteiger partial charge >= 0.3 is 10.2 Å². The summed E-state index contributed by atoms with van der Waals surface area (Å²) in [5.74, 6) is -3.28. The summed E-state index contributed by atoms with van der Waals surface area (Å²) in [6.45, 7) is 6.48. The number of hydrogen-bond donors (Lipinski definition) is 3. The first-order valence-electron chi connectivity index (χ1n) is 22.9. The standard InChI is InChI=1S/C47H48F3N11O6S/c48-31-9-13-60(23-31)68(66,67)56-37-4-3-36(49)40(41(37)50)42(63)35-20-52-43-34(35)16-28(17-51-43)30-18-53-46(54-19-30)59-14-10-47(26-59)24-57(25-47)21-27-7-11-58(12-8-27)32-1-2-33-29(15-32)22-61(45(33)65)38-5-6-39(62)55-44(38)64/h1-4,15-20,27,31,38,56H,5-14,21-26H2,(H,51,52)(H,55,62,64)/t31-,38?/m1/s1. The lowest BCUT2D eigenvalue weighted by Gasteiger charge is -2.50. The minimum atomic E-state index is -4.37. The molecule has 0 bridgehead atoms. The van der Waals surface area contributed by atoms with E-state index in [-0.39, 0.29) is 47.6 Å². The van der Waals surface area contributed by atoms with Crippen LogP contribution in [0.5, 0.6) is 0 Å². The summed E-state index contributed by atoms with van der Waals surface area (Å²) in [4.78, 5) is 76.5. The van der Waals surface area contributed by atoms with E-state index in [4.69, 9.17) is 9.97 Å². The van der Waals surface area contributed by atoms with Gasteiger partial charge in [-0.1, -0.05) is 0 Å². The number of anilines is 3. The van der Waals surface area contributed by atoms with E-state index in [9.17, 15) is 32.0 Å². The van der Waals surface area contributed by atoms with Crippen molar-refractivity contribution < 1.29 is 40.8 Å². The van der Waals surface area contributed by atoms with Crippen molar-refractivity contribution in [2.24, 2.45) is 11.3 Å². The molecule has 1 unspecified atom stereocenters. The molecule has 6 aliphatic rings. The number of fused-ring (bicyclic) bond motifs is 2. The number of carbonyl (C=O) groups is 4. The van der Waals surface area contributed by atoms with Crippen molar-refractivity contribution in [1.29, 1.82) is 0 Å². The van der Waals surface area contributed by atoms with Crippen LogP contribution in [0.3, 0.4) is 0 Å². The minimum absolute atomic E-state index is 0.00254. The van der Waals surface area contributed by atoms with Crippen LogP contribution in [0.4, 0.5) is 30.5 Å². The Morgan fingerprint density at radius 1 is 0.882 bits per heavy atom. The van der Waals surface area contributed by atoms with E-state index >= 15 is 8.78 Å². The smallest absolute Gasteiger partial charge is 0.301 e. The molecule has 5 aromatic rings. The van der Waals surface area contributed by atoms with Gasteiger partial charge < -0.3 is 24.6 Å². The van der Waals surface area contributed by atoms with Gasteiger partial charge in [-0.3, -0.25) is 29.2 Å². The summed E-state index contributed by atoms with van der Waals surface area (Å²) in [7, 11) is -4.37. The van der Waals surface area contributed by atoms with E-state index < -0.39 is 63.5 Å². The fourth-order valence-electron chi connectivity index (χ4n) is 11.0. The number of amides is 3. The van der Waals surface area contributed by atoms with Crippen molar-refractivity contribution in [3.63, 3.8) is 0 Å². The zero-order chi connectivity index (χ0) is 47.1. The second-order valence-corrected chi connectivity index (χ2v) is 20.7. The van der Waals surface area contributed by atoms with Crippen LogP contribution in [0.1, 0.15) is 70.4 Å². The molecule has 0 radical (unpaired) electrons. The van der Waals surface area contributed by atoms with Gasteiger partial charge in [-0.15, -0.1) is 0 Å². The van der Waals surface area contributed by atoms with Crippen molar-refractivity contribution in [3.8, 4) is 11.1 Å². The van der Waals surface area contributed by atoms with Gasteiger partial charge in [0.1, 0.15) is 23.7 Å². The zero-order valence-electron chi connectivity index (χ0n) is 36.9. The number of nitrogens with zero attached hydrogens (tertiary/aromatic N) is 8. The number of benzene rings is 2. The topological polar surface area (TPSA) is 197 Å². The average Bonchev–Trinajstić information content (AvgIpc) is 4.13. The molecule has 68 heavy (non-hydrogen) atoms. The zero-order valence-corrected chi connectivity index (χ0v) is 37.7. The number of aromatic amines is 1. The predicted molar refractivity (Wildman–Crippen MR) is 244 cm³/mol. The Balaban J connectivity index is 0.681. The summed E-state index contributed by atoms with van der Waals surface area (Å²) >= 11 is 0.